The molecule has 0 radical (unpaired) electrons. The molecule has 1 rings (SSSR count). The van der Waals surface area contributed by atoms with Gasteiger partial charge in [0.05, 0.1) is 0 Å². The smallest absolute Gasteiger partial charge is 0.323 e. The van der Waals surface area contributed by atoms with E-state index in [1.54, 1.807) is 4.90 Å². The van der Waals surface area contributed by atoms with Crippen LogP contribution in [0.5, 0.6) is 0 Å². The molecule has 2 amide bonds. The normalized spacial score (nSPS) is 21.2. The van der Waals surface area contributed by atoms with Crippen LogP contribution in [-0.4, -0.2) is 64.6 Å². The number of amides is 2. The number of hydrogen-bond acceptors (Lipinski definition) is 3. The van der Waals surface area contributed by atoms with E-state index in [-0.39, 0.29) is 18.6 Å². The highest BCUT2D eigenvalue weighted by atomic mass is 32.2. The van der Waals surface area contributed by atoms with Crippen molar-refractivity contribution < 1.29 is 14.7 Å². The lowest BCUT2D eigenvalue weighted by Crippen LogP contribution is -2.50. The minimum atomic E-state index is -0.982. The molecule has 0 aromatic rings. The third kappa shape index (κ3) is 3.30. The molecule has 15 heavy (non-hydrogen) atoms. The van der Waals surface area contributed by atoms with Crippen molar-refractivity contribution in [1.29, 1.82) is 0 Å². The summed E-state index contributed by atoms with van der Waals surface area (Å²) < 4.78 is 0. The Labute approximate surface area is 93.4 Å². The molecule has 0 saturated carbocycles. The number of aliphatic carboxylic acids is 1. The summed E-state index contributed by atoms with van der Waals surface area (Å²) in [6.45, 7) is 2.45. The van der Waals surface area contributed by atoms with Crippen molar-refractivity contribution >= 4 is 23.8 Å². The van der Waals surface area contributed by atoms with Gasteiger partial charge in [-0.1, -0.05) is 0 Å². The highest BCUT2D eigenvalue weighted by Gasteiger charge is 2.26. The Bertz CT molecular complexity index is 260. The number of urea groups is 1. The minimum absolute atomic E-state index is 0.187. The summed E-state index contributed by atoms with van der Waals surface area (Å²) in [6.07, 6.45) is 0. The van der Waals surface area contributed by atoms with Crippen LogP contribution in [0.3, 0.4) is 0 Å². The van der Waals surface area contributed by atoms with Crippen LogP contribution in [0.1, 0.15) is 6.92 Å². The number of carbonyl (C=O) groups is 2. The van der Waals surface area contributed by atoms with Crippen LogP contribution in [0.15, 0.2) is 0 Å². The molecule has 1 saturated heterocycles. The summed E-state index contributed by atoms with van der Waals surface area (Å²) in [5.74, 6) is 0.869. The first-order chi connectivity index (χ1) is 7.02. The van der Waals surface area contributed by atoms with Gasteiger partial charge in [-0.25, -0.2) is 4.79 Å². The van der Waals surface area contributed by atoms with Crippen LogP contribution < -0.4 is 0 Å². The number of rotatable bonds is 2. The molecule has 5 nitrogen and oxygen atoms in total. The van der Waals surface area contributed by atoms with Crippen LogP contribution in [0.2, 0.25) is 0 Å². The molecule has 86 valence electrons. The Hall–Kier alpha value is -0.910. The van der Waals surface area contributed by atoms with E-state index in [1.165, 1.54) is 11.9 Å². The fourth-order valence-corrected chi connectivity index (χ4v) is 2.51. The fourth-order valence-electron chi connectivity index (χ4n) is 1.50. The van der Waals surface area contributed by atoms with Gasteiger partial charge in [0, 0.05) is 31.1 Å². The van der Waals surface area contributed by atoms with Crippen LogP contribution in [-0.2, 0) is 4.79 Å². The van der Waals surface area contributed by atoms with E-state index in [2.05, 4.69) is 0 Å². The van der Waals surface area contributed by atoms with Gasteiger partial charge in [-0.3, -0.25) is 4.79 Å². The molecule has 6 heteroatoms. The number of carboxylic acid groups (broad SMARTS) is 1. The summed E-state index contributed by atoms with van der Waals surface area (Å²) >= 11 is 1.82. The minimum Gasteiger partial charge on any atom is -0.480 e. The Morgan fingerprint density at radius 3 is 2.80 bits per heavy atom. The largest absolute Gasteiger partial charge is 0.480 e. The zero-order chi connectivity index (χ0) is 11.4. The first-order valence-electron chi connectivity index (χ1n) is 4.83. The zero-order valence-corrected chi connectivity index (χ0v) is 9.79. The lowest BCUT2D eigenvalue weighted by atomic mass is 10.3. The van der Waals surface area contributed by atoms with Crippen molar-refractivity contribution in [3.63, 3.8) is 0 Å². The van der Waals surface area contributed by atoms with Crippen molar-refractivity contribution in [1.82, 2.24) is 9.80 Å². The first kappa shape index (κ1) is 12.2. The SMILES string of the molecule is CC1CSCCN1C(=O)N(C)CC(=O)O. The van der Waals surface area contributed by atoms with E-state index < -0.39 is 5.97 Å². The number of thioether (sulfide) groups is 1. The van der Waals surface area contributed by atoms with Crippen LogP contribution in [0, 0.1) is 0 Å². The van der Waals surface area contributed by atoms with Crippen LogP contribution in [0.25, 0.3) is 0 Å². The molecule has 0 aliphatic carbocycles. The second-order valence-electron chi connectivity index (χ2n) is 3.65. The highest BCUT2D eigenvalue weighted by molar-refractivity contribution is 7.99. The predicted molar refractivity (Wildman–Crippen MR) is 59.2 cm³/mol. The van der Waals surface area contributed by atoms with E-state index in [1.807, 2.05) is 18.7 Å². The van der Waals surface area contributed by atoms with E-state index in [9.17, 15) is 9.59 Å². The first-order valence-corrected chi connectivity index (χ1v) is 5.99. The summed E-state index contributed by atoms with van der Waals surface area (Å²) in [6, 6.07) is -0.00213. The summed E-state index contributed by atoms with van der Waals surface area (Å²) in [5.41, 5.74) is 0. The molecule has 1 atom stereocenters. The van der Waals surface area contributed by atoms with E-state index in [0.717, 1.165) is 11.5 Å². The molecule has 1 aliphatic rings. The molecule has 0 bridgehead atoms. The molecule has 0 spiro atoms. The van der Waals surface area contributed by atoms with Crippen molar-refractivity contribution in [2.45, 2.75) is 13.0 Å². The Morgan fingerprint density at radius 1 is 1.60 bits per heavy atom. The number of likely N-dealkylation sites (N-methyl/N-ethyl adjacent to an activating group) is 1. The standard InChI is InChI=1S/C9H16N2O3S/c1-7-6-15-4-3-11(7)9(14)10(2)5-8(12)13/h7H,3-6H2,1-2H3,(H,12,13). The van der Waals surface area contributed by atoms with Crippen molar-refractivity contribution in [2.75, 3.05) is 31.6 Å². The quantitative estimate of drug-likeness (QED) is 0.755. The van der Waals surface area contributed by atoms with Crippen LogP contribution in [0.4, 0.5) is 4.79 Å². The van der Waals surface area contributed by atoms with Crippen LogP contribution >= 0.6 is 11.8 Å². The zero-order valence-electron chi connectivity index (χ0n) is 8.97. The molecule has 1 N–H and O–H groups in total. The summed E-state index contributed by atoms with van der Waals surface area (Å²) in [5, 5.41) is 8.58. The number of carboxylic acids is 1. The fraction of sp³-hybridized carbons (Fsp3) is 0.778. The molecule has 1 fully saturated rings. The molecular formula is C9H16N2O3S. The lowest BCUT2D eigenvalue weighted by Gasteiger charge is -2.35. The van der Waals surface area contributed by atoms with E-state index in [0.29, 0.717) is 6.54 Å². The second-order valence-corrected chi connectivity index (χ2v) is 4.80. The summed E-state index contributed by atoms with van der Waals surface area (Å²) in [7, 11) is 1.52. The second kappa shape index (κ2) is 5.25. The van der Waals surface area contributed by atoms with Gasteiger partial charge >= 0.3 is 12.0 Å². The Kier molecular flexibility index (Phi) is 4.26. The number of hydrogen-bond donors (Lipinski definition) is 1. The summed E-state index contributed by atoms with van der Waals surface area (Å²) in [4.78, 5) is 25.3. The maximum atomic E-state index is 11.8. The molecule has 0 aromatic heterocycles. The Morgan fingerprint density at radius 2 is 2.27 bits per heavy atom. The molecule has 1 unspecified atom stereocenters. The third-order valence-corrected chi connectivity index (χ3v) is 3.50. The van der Waals surface area contributed by atoms with Gasteiger partial charge in [0.15, 0.2) is 0 Å². The maximum absolute atomic E-state index is 11.8. The van der Waals surface area contributed by atoms with Gasteiger partial charge in [-0.05, 0) is 6.92 Å². The topological polar surface area (TPSA) is 60.9 Å². The molecule has 1 aliphatic heterocycles. The van der Waals surface area contributed by atoms with E-state index >= 15 is 0 Å². The van der Waals surface area contributed by atoms with Gasteiger partial charge in [0.2, 0.25) is 0 Å². The third-order valence-electron chi connectivity index (χ3n) is 2.31. The lowest BCUT2D eigenvalue weighted by molar-refractivity contribution is -0.137. The van der Waals surface area contributed by atoms with Gasteiger partial charge < -0.3 is 14.9 Å². The van der Waals surface area contributed by atoms with E-state index in [4.69, 9.17) is 5.11 Å². The monoisotopic (exact) mass is 232 g/mol. The Balaban J connectivity index is 2.54. The van der Waals surface area contributed by atoms with Gasteiger partial charge in [-0.15, -0.1) is 0 Å². The maximum Gasteiger partial charge on any atom is 0.323 e. The molecular weight excluding hydrogens is 216 g/mol. The highest BCUT2D eigenvalue weighted by Crippen LogP contribution is 2.17. The van der Waals surface area contributed by atoms with Gasteiger partial charge in [0.1, 0.15) is 6.54 Å². The van der Waals surface area contributed by atoms with Gasteiger partial charge in [-0.2, -0.15) is 11.8 Å². The average molecular weight is 232 g/mol. The van der Waals surface area contributed by atoms with Gasteiger partial charge in [0.25, 0.3) is 0 Å². The molecule has 1 heterocycles. The van der Waals surface area contributed by atoms with Crippen molar-refractivity contribution in [3.05, 3.63) is 0 Å². The number of nitrogens with zero attached hydrogens (tertiary/aromatic N) is 2. The van der Waals surface area contributed by atoms with Crippen molar-refractivity contribution in [2.24, 2.45) is 0 Å². The van der Waals surface area contributed by atoms with Crippen molar-refractivity contribution in [3.8, 4) is 0 Å². The molecule has 0 aromatic carbocycles. The average Bonchev–Trinajstić information content (AvgIpc) is 2.16. The predicted octanol–water partition coefficient (Wildman–Crippen LogP) is 0.560. The number of carbonyl (C=O) groups excluding carboxylic acids is 1.